The highest BCUT2D eigenvalue weighted by atomic mass is 16.5. The highest BCUT2D eigenvalue weighted by molar-refractivity contribution is 5.99. The summed E-state index contributed by atoms with van der Waals surface area (Å²) in [6.45, 7) is 0.269. The standard InChI is InChI=1S/C16H16N2O4/c1-22-14-9-5-2-6-11(14)10-17-16(21)18-13-8-4-3-7-12(13)15(19)20/h2-9H,10H2,1H3,(H,19,20)(H2,17,18,21). The summed E-state index contributed by atoms with van der Waals surface area (Å²) in [7, 11) is 1.56. The molecule has 2 aromatic carbocycles. The van der Waals surface area contributed by atoms with Gasteiger partial charge in [0, 0.05) is 12.1 Å². The Hall–Kier alpha value is -3.02. The second kappa shape index (κ2) is 7.12. The predicted octanol–water partition coefficient (Wildman–Crippen LogP) is 2.72. The number of para-hydroxylation sites is 2. The van der Waals surface area contributed by atoms with Crippen LogP contribution < -0.4 is 15.4 Å². The van der Waals surface area contributed by atoms with Crippen LogP contribution in [0, 0.1) is 0 Å². The van der Waals surface area contributed by atoms with Gasteiger partial charge in [0.25, 0.3) is 0 Å². The molecule has 6 nitrogen and oxygen atoms in total. The largest absolute Gasteiger partial charge is 0.496 e. The van der Waals surface area contributed by atoms with Crippen molar-refractivity contribution in [2.24, 2.45) is 0 Å². The van der Waals surface area contributed by atoms with E-state index in [1.54, 1.807) is 25.3 Å². The van der Waals surface area contributed by atoms with Crippen molar-refractivity contribution < 1.29 is 19.4 Å². The van der Waals surface area contributed by atoms with Crippen LogP contribution in [0.15, 0.2) is 48.5 Å². The zero-order chi connectivity index (χ0) is 15.9. The summed E-state index contributed by atoms with van der Waals surface area (Å²) in [4.78, 5) is 23.0. The monoisotopic (exact) mass is 300 g/mol. The van der Waals surface area contributed by atoms with Gasteiger partial charge >= 0.3 is 12.0 Å². The Balaban J connectivity index is 2.01. The van der Waals surface area contributed by atoms with Gasteiger partial charge in [0.05, 0.1) is 18.4 Å². The number of carbonyl (C=O) groups excluding carboxylic acids is 1. The first kappa shape index (κ1) is 15.4. The molecule has 2 rings (SSSR count). The molecule has 0 saturated heterocycles. The number of anilines is 1. The summed E-state index contributed by atoms with van der Waals surface area (Å²) in [5.41, 5.74) is 1.11. The number of carboxylic acid groups (broad SMARTS) is 1. The molecule has 114 valence electrons. The fraction of sp³-hybridized carbons (Fsp3) is 0.125. The summed E-state index contributed by atoms with van der Waals surface area (Å²) in [5, 5.41) is 14.3. The van der Waals surface area contributed by atoms with Crippen LogP contribution in [-0.2, 0) is 6.54 Å². The SMILES string of the molecule is COc1ccccc1CNC(=O)Nc1ccccc1C(=O)O. The van der Waals surface area contributed by atoms with Crippen molar-refractivity contribution in [2.75, 3.05) is 12.4 Å². The van der Waals surface area contributed by atoms with Gasteiger partial charge in [-0.15, -0.1) is 0 Å². The molecule has 6 heteroatoms. The Bertz CT molecular complexity index is 685. The number of carboxylic acids is 1. The molecule has 3 N–H and O–H groups in total. The average molecular weight is 300 g/mol. The lowest BCUT2D eigenvalue weighted by atomic mass is 10.2. The number of rotatable bonds is 5. The molecular weight excluding hydrogens is 284 g/mol. The lowest BCUT2D eigenvalue weighted by molar-refractivity contribution is 0.0698. The topological polar surface area (TPSA) is 87.7 Å². The smallest absolute Gasteiger partial charge is 0.337 e. The maximum Gasteiger partial charge on any atom is 0.337 e. The van der Waals surface area contributed by atoms with Crippen molar-refractivity contribution in [1.29, 1.82) is 0 Å². The summed E-state index contributed by atoms with van der Waals surface area (Å²) in [6, 6.07) is 13.1. The second-order valence-corrected chi connectivity index (χ2v) is 4.47. The molecule has 2 amide bonds. The minimum absolute atomic E-state index is 0.0370. The number of ether oxygens (including phenoxy) is 1. The summed E-state index contributed by atoms with van der Waals surface area (Å²) in [6.07, 6.45) is 0. The first-order valence-corrected chi connectivity index (χ1v) is 6.61. The van der Waals surface area contributed by atoms with E-state index in [9.17, 15) is 9.59 Å². The van der Waals surface area contributed by atoms with Crippen LogP contribution in [0.2, 0.25) is 0 Å². The summed E-state index contributed by atoms with van der Waals surface area (Å²) in [5.74, 6) is -0.422. The van der Waals surface area contributed by atoms with E-state index >= 15 is 0 Å². The molecular formula is C16H16N2O4. The molecule has 0 atom stereocenters. The Morgan fingerprint density at radius 2 is 1.77 bits per heavy atom. The summed E-state index contributed by atoms with van der Waals surface area (Å²) < 4.78 is 5.20. The molecule has 0 heterocycles. The van der Waals surface area contributed by atoms with Crippen LogP contribution in [0.3, 0.4) is 0 Å². The lowest BCUT2D eigenvalue weighted by Crippen LogP contribution is -2.29. The van der Waals surface area contributed by atoms with Gasteiger partial charge in [0.15, 0.2) is 0 Å². The fourth-order valence-electron chi connectivity index (χ4n) is 1.97. The van der Waals surface area contributed by atoms with Crippen LogP contribution in [0.5, 0.6) is 5.75 Å². The third kappa shape index (κ3) is 3.76. The maximum atomic E-state index is 11.9. The Kier molecular flexibility index (Phi) is 4.98. The molecule has 0 aliphatic carbocycles. The van der Waals surface area contributed by atoms with Crippen LogP contribution in [0.25, 0.3) is 0 Å². The number of carbonyl (C=O) groups is 2. The van der Waals surface area contributed by atoms with Gasteiger partial charge in [-0.1, -0.05) is 30.3 Å². The molecule has 0 aromatic heterocycles. The number of amides is 2. The Morgan fingerprint density at radius 1 is 1.09 bits per heavy atom. The van der Waals surface area contributed by atoms with Crippen LogP contribution in [-0.4, -0.2) is 24.2 Å². The van der Waals surface area contributed by atoms with E-state index < -0.39 is 12.0 Å². The number of methoxy groups -OCH3 is 1. The van der Waals surface area contributed by atoms with Crippen molar-refractivity contribution >= 4 is 17.7 Å². The van der Waals surface area contributed by atoms with Gasteiger partial charge in [-0.3, -0.25) is 0 Å². The molecule has 0 aliphatic rings. The Labute approximate surface area is 127 Å². The van der Waals surface area contributed by atoms with Crippen molar-refractivity contribution in [3.05, 3.63) is 59.7 Å². The zero-order valence-corrected chi connectivity index (χ0v) is 12.0. The summed E-state index contributed by atoms with van der Waals surface area (Å²) >= 11 is 0. The van der Waals surface area contributed by atoms with Crippen molar-refractivity contribution in [1.82, 2.24) is 5.32 Å². The van der Waals surface area contributed by atoms with E-state index in [1.807, 2.05) is 18.2 Å². The van der Waals surface area contributed by atoms with Crippen molar-refractivity contribution in [3.63, 3.8) is 0 Å². The fourth-order valence-corrected chi connectivity index (χ4v) is 1.97. The number of urea groups is 1. The molecule has 0 saturated carbocycles. The number of hydrogen-bond donors (Lipinski definition) is 3. The number of nitrogens with one attached hydrogen (secondary N) is 2. The Morgan fingerprint density at radius 3 is 2.50 bits per heavy atom. The molecule has 0 spiro atoms. The van der Waals surface area contributed by atoms with E-state index in [1.165, 1.54) is 12.1 Å². The zero-order valence-electron chi connectivity index (χ0n) is 12.0. The van der Waals surface area contributed by atoms with E-state index in [4.69, 9.17) is 9.84 Å². The minimum Gasteiger partial charge on any atom is -0.496 e. The minimum atomic E-state index is -1.10. The highest BCUT2D eigenvalue weighted by Gasteiger charge is 2.11. The first-order valence-electron chi connectivity index (χ1n) is 6.61. The molecule has 2 aromatic rings. The number of hydrogen-bond acceptors (Lipinski definition) is 3. The molecule has 0 radical (unpaired) electrons. The van der Waals surface area contributed by atoms with E-state index in [2.05, 4.69) is 10.6 Å². The van der Waals surface area contributed by atoms with Crippen molar-refractivity contribution in [3.8, 4) is 5.75 Å². The molecule has 0 aliphatic heterocycles. The number of benzene rings is 2. The molecule has 0 fully saturated rings. The van der Waals surface area contributed by atoms with Crippen molar-refractivity contribution in [2.45, 2.75) is 6.54 Å². The maximum absolute atomic E-state index is 11.9. The number of aromatic carboxylic acids is 1. The predicted molar refractivity (Wildman–Crippen MR) is 82.3 cm³/mol. The van der Waals surface area contributed by atoms with E-state index in [-0.39, 0.29) is 17.8 Å². The van der Waals surface area contributed by atoms with Crippen LogP contribution >= 0.6 is 0 Å². The molecule has 22 heavy (non-hydrogen) atoms. The third-order valence-corrected chi connectivity index (χ3v) is 3.04. The lowest BCUT2D eigenvalue weighted by Gasteiger charge is -2.11. The molecule has 0 unspecified atom stereocenters. The van der Waals surface area contributed by atoms with Gasteiger partial charge in [0.2, 0.25) is 0 Å². The first-order chi connectivity index (χ1) is 10.6. The second-order valence-electron chi connectivity index (χ2n) is 4.47. The molecule has 0 bridgehead atoms. The van der Waals surface area contributed by atoms with E-state index in [0.29, 0.717) is 5.75 Å². The normalized spacial score (nSPS) is 9.86. The van der Waals surface area contributed by atoms with Gasteiger partial charge in [-0.05, 0) is 18.2 Å². The van der Waals surface area contributed by atoms with Crippen LogP contribution in [0.1, 0.15) is 15.9 Å². The third-order valence-electron chi connectivity index (χ3n) is 3.04. The van der Waals surface area contributed by atoms with Gasteiger partial charge in [0.1, 0.15) is 5.75 Å². The van der Waals surface area contributed by atoms with Gasteiger partial charge in [-0.2, -0.15) is 0 Å². The van der Waals surface area contributed by atoms with Crippen LogP contribution in [0.4, 0.5) is 10.5 Å². The van der Waals surface area contributed by atoms with Gasteiger partial charge < -0.3 is 20.5 Å². The quantitative estimate of drug-likeness (QED) is 0.792. The van der Waals surface area contributed by atoms with E-state index in [0.717, 1.165) is 5.56 Å². The average Bonchev–Trinajstić information content (AvgIpc) is 2.53. The highest BCUT2D eigenvalue weighted by Crippen LogP contribution is 2.17. The van der Waals surface area contributed by atoms with Gasteiger partial charge in [-0.25, -0.2) is 9.59 Å².